The van der Waals surface area contributed by atoms with Gasteiger partial charge in [-0.05, 0) is 18.9 Å². The Labute approximate surface area is 101 Å². The van der Waals surface area contributed by atoms with E-state index in [9.17, 15) is 9.59 Å². The van der Waals surface area contributed by atoms with Crippen molar-refractivity contribution in [3.8, 4) is 0 Å². The second-order valence-corrected chi connectivity index (χ2v) is 3.64. The Morgan fingerprint density at radius 3 is 2.41 bits per heavy atom. The number of pyridine rings is 1. The third kappa shape index (κ3) is 4.63. The second-order valence-electron chi connectivity index (χ2n) is 3.64. The van der Waals surface area contributed by atoms with Crippen LogP contribution in [0.1, 0.15) is 19.4 Å². The van der Waals surface area contributed by atoms with Gasteiger partial charge in [-0.25, -0.2) is 4.79 Å². The van der Waals surface area contributed by atoms with Crippen LogP contribution in [0.3, 0.4) is 0 Å². The monoisotopic (exact) mass is 236 g/mol. The summed E-state index contributed by atoms with van der Waals surface area (Å²) in [6, 6.07) is 3.46. The third-order valence-electron chi connectivity index (χ3n) is 2.28. The minimum Gasteiger partial charge on any atom is -0.338 e. The van der Waals surface area contributed by atoms with Crippen LogP contribution in [0.5, 0.6) is 0 Å². The standard InChI is InChI=1S/C12H17N3O2/c1-3-10-5-7-15(8-6-10)9-11(16)14-12(17)13-4-2/h5-8H,3-4,9H2,1-2H3,(H-,13,14,16,17)/p+1. The predicted octanol–water partition coefficient (Wildman–Crippen LogP) is 0.382. The summed E-state index contributed by atoms with van der Waals surface area (Å²) < 4.78 is 1.73. The Morgan fingerprint density at radius 1 is 1.24 bits per heavy atom. The number of amides is 3. The fourth-order valence-electron chi connectivity index (χ4n) is 1.37. The molecular formula is C12H18N3O2+. The molecule has 3 amide bonds. The maximum absolute atomic E-state index is 11.5. The molecule has 1 aromatic heterocycles. The number of carbonyl (C=O) groups is 2. The third-order valence-corrected chi connectivity index (χ3v) is 2.28. The van der Waals surface area contributed by atoms with Gasteiger partial charge in [-0.3, -0.25) is 10.1 Å². The Bertz CT molecular complexity index is 387. The molecule has 17 heavy (non-hydrogen) atoms. The van der Waals surface area contributed by atoms with Gasteiger partial charge < -0.3 is 5.32 Å². The topological polar surface area (TPSA) is 62.1 Å². The molecule has 0 saturated carbocycles. The van der Waals surface area contributed by atoms with Crippen molar-refractivity contribution < 1.29 is 14.2 Å². The van der Waals surface area contributed by atoms with E-state index in [1.54, 1.807) is 11.5 Å². The lowest BCUT2D eigenvalue weighted by atomic mass is 10.2. The number of nitrogens with zero attached hydrogens (tertiary/aromatic N) is 1. The Hall–Kier alpha value is -1.91. The summed E-state index contributed by atoms with van der Waals surface area (Å²) >= 11 is 0. The molecule has 0 aliphatic rings. The summed E-state index contributed by atoms with van der Waals surface area (Å²) in [4.78, 5) is 22.6. The Balaban J connectivity index is 2.47. The number of hydrogen-bond donors (Lipinski definition) is 2. The minimum absolute atomic E-state index is 0.140. The lowest BCUT2D eigenvalue weighted by molar-refractivity contribution is -0.684. The molecule has 0 spiro atoms. The van der Waals surface area contributed by atoms with Crippen molar-refractivity contribution in [3.63, 3.8) is 0 Å². The highest BCUT2D eigenvalue weighted by molar-refractivity contribution is 5.93. The van der Waals surface area contributed by atoms with Crippen molar-refractivity contribution in [2.24, 2.45) is 0 Å². The molecular weight excluding hydrogens is 218 g/mol. The van der Waals surface area contributed by atoms with E-state index in [0.29, 0.717) is 6.54 Å². The second kappa shape index (κ2) is 6.62. The van der Waals surface area contributed by atoms with Crippen LogP contribution in [0.4, 0.5) is 4.79 Å². The SMILES string of the molecule is CCNC(=O)NC(=O)C[n+]1ccc(CC)cc1. The van der Waals surface area contributed by atoms with Crippen LogP contribution >= 0.6 is 0 Å². The molecule has 0 aromatic carbocycles. The van der Waals surface area contributed by atoms with Crippen LogP contribution in [0.15, 0.2) is 24.5 Å². The molecule has 0 radical (unpaired) electrons. The van der Waals surface area contributed by atoms with E-state index in [0.717, 1.165) is 6.42 Å². The molecule has 0 aliphatic carbocycles. The smallest absolute Gasteiger partial charge is 0.321 e. The molecule has 0 bridgehead atoms. The summed E-state index contributed by atoms with van der Waals surface area (Å²) in [5.74, 6) is -0.329. The van der Waals surface area contributed by atoms with Crippen molar-refractivity contribution >= 4 is 11.9 Å². The summed E-state index contributed by atoms with van der Waals surface area (Å²) in [6.45, 7) is 4.50. The zero-order chi connectivity index (χ0) is 12.7. The molecule has 5 heteroatoms. The average molecular weight is 236 g/mol. The molecule has 1 heterocycles. The zero-order valence-corrected chi connectivity index (χ0v) is 10.2. The van der Waals surface area contributed by atoms with Crippen LogP contribution in [0, 0.1) is 0 Å². The number of carbonyl (C=O) groups excluding carboxylic acids is 2. The van der Waals surface area contributed by atoms with Gasteiger partial charge in [-0.1, -0.05) is 6.92 Å². The number of urea groups is 1. The van der Waals surface area contributed by atoms with Crippen molar-refractivity contribution in [1.29, 1.82) is 0 Å². The van der Waals surface area contributed by atoms with E-state index >= 15 is 0 Å². The molecule has 5 nitrogen and oxygen atoms in total. The average Bonchev–Trinajstić information content (AvgIpc) is 2.30. The summed E-state index contributed by atoms with van der Waals surface area (Å²) in [7, 11) is 0. The van der Waals surface area contributed by atoms with Crippen molar-refractivity contribution in [1.82, 2.24) is 10.6 Å². The highest BCUT2D eigenvalue weighted by Crippen LogP contribution is 1.94. The van der Waals surface area contributed by atoms with Gasteiger partial charge >= 0.3 is 6.03 Å². The van der Waals surface area contributed by atoms with Gasteiger partial charge in [-0.2, -0.15) is 4.57 Å². The molecule has 1 rings (SSSR count). The molecule has 2 N–H and O–H groups in total. The summed E-state index contributed by atoms with van der Waals surface area (Å²) in [5.41, 5.74) is 1.21. The number of aryl methyl sites for hydroxylation is 1. The number of rotatable bonds is 4. The molecule has 0 aliphatic heterocycles. The van der Waals surface area contributed by atoms with E-state index < -0.39 is 6.03 Å². The molecule has 1 aromatic rings. The lowest BCUT2D eigenvalue weighted by Gasteiger charge is -2.02. The van der Waals surface area contributed by atoms with Crippen molar-refractivity contribution in [2.45, 2.75) is 26.8 Å². The van der Waals surface area contributed by atoms with E-state index in [1.165, 1.54) is 5.56 Å². The normalized spacial score (nSPS) is 9.76. The Morgan fingerprint density at radius 2 is 1.88 bits per heavy atom. The quantitative estimate of drug-likeness (QED) is 0.742. The van der Waals surface area contributed by atoms with E-state index in [2.05, 4.69) is 17.6 Å². The highest BCUT2D eigenvalue weighted by atomic mass is 16.2. The van der Waals surface area contributed by atoms with Crippen LogP contribution in [-0.2, 0) is 17.8 Å². The molecule has 0 unspecified atom stereocenters. The number of imide groups is 1. The first-order valence-electron chi connectivity index (χ1n) is 5.71. The Kier molecular flexibility index (Phi) is 5.13. The van der Waals surface area contributed by atoms with Gasteiger partial charge in [0.25, 0.3) is 5.91 Å². The van der Waals surface area contributed by atoms with Crippen molar-refractivity contribution in [3.05, 3.63) is 30.1 Å². The molecule has 0 atom stereocenters. The van der Waals surface area contributed by atoms with Gasteiger partial charge in [0.1, 0.15) is 0 Å². The van der Waals surface area contributed by atoms with E-state index in [-0.39, 0.29) is 12.5 Å². The van der Waals surface area contributed by atoms with Crippen LogP contribution in [-0.4, -0.2) is 18.5 Å². The molecule has 0 fully saturated rings. The first kappa shape index (κ1) is 13.2. The number of aromatic nitrogens is 1. The maximum Gasteiger partial charge on any atom is 0.321 e. The highest BCUT2D eigenvalue weighted by Gasteiger charge is 2.11. The first-order chi connectivity index (χ1) is 8.15. The van der Waals surface area contributed by atoms with Crippen LogP contribution in [0.25, 0.3) is 0 Å². The fourth-order valence-corrected chi connectivity index (χ4v) is 1.37. The van der Waals surface area contributed by atoms with Crippen molar-refractivity contribution in [2.75, 3.05) is 6.54 Å². The largest absolute Gasteiger partial charge is 0.338 e. The number of nitrogens with one attached hydrogen (secondary N) is 2. The van der Waals surface area contributed by atoms with Gasteiger partial charge in [0.15, 0.2) is 12.4 Å². The molecule has 0 saturated heterocycles. The van der Waals surface area contributed by atoms with Crippen LogP contribution in [0.2, 0.25) is 0 Å². The van der Waals surface area contributed by atoms with Gasteiger partial charge in [0, 0.05) is 18.7 Å². The first-order valence-corrected chi connectivity index (χ1v) is 5.71. The maximum atomic E-state index is 11.5. The summed E-state index contributed by atoms with van der Waals surface area (Å²) in [5, 5.41) is 4.75. The summed E-state index contributed by atoms with van der Waals surface area (Å²) in [6.07, 6.45) is 4.62. The van der Waals surface area contributed by atoms with E-state index in [4.69, 9.17) is 0 Å². The van der Waals surface area contributed by atoms with Gasteiger partial charge in [0.05, 0.1) is 0 Å². The molecule has 92 valence electrons. The fraction of sp³-hybridized carbons (Fsp3) is 0.417. The minimum atomic E-state index is -0.455. The van der Waals surface area contributed by atoms with Gasteiger partial charge in [-0.15, -0.1) is 0 Å². The predicted molar refractivity (Wildman–Crippen MR) is 63.2 cm³/mol. The van der Waals surface area contributed by atoms with E-state index in [1.807, 2.05) is 24.5 Å². The van der Waals surface area contributed by atoms with Gasteiger partial charge in [0.2, 0.25) is 6.54 Å². The van der Waals surface area contributed by atoms with Crippen LogP contribution < -0.4 is 15.2 Å². The lowest BCUT2D eigenvalue weighted by Crippen LogP contribution is -2.47. The zero-order valence-electron chi connectivity index (χ0n) is 10.2. The number of hydrogen-bond acceptors (Lipinski definition) is 2.